The van der Waals surface area contributed by atoms with Gasteiger partial charge in [0.15, 0.2) is 0 Å². The number of rotatable bonds is 5. The Labute approximate surface area is 141 Å². The Morgan fingerprint density at radius 2 is 2.04 bits per heavy atom. The lowest BCUT2D eigenvalue weighted by atomic mass is 9.84. The molecule has 2 rings (SSSR count). The number of aromatic nitrogens is 1. The Kier molecular flexibility index (Phi) is 4.87. The molecule has 0 spiro atoms. The third-order valence-electron chi connectivity index (χ3n) is 4.16. The summed E-state index contributed by atoms with van der Waals surface area (Å²) < 4.78 is 0. The molecular formula is C18H23N3O3. The first kappa shape index (κ1) is 17.8. The maximum absolute atomic E-state index is 12.9. The fourth-order valence-electron chi connectivity index (χ4n) is 2.85. The number of pyridine rings is 1. The zero-order valence-electron chi connectivity index (χ0n) is 14.5. The van der Waals surface area contributed by atoms with E-state index in [2.05, 4.69) is 16.9 Å². The van der Waals surface area contributed by atoms with Crippen LogP contribution in [0.5, 0.6) is 0 Å². The summed E-state index contributed by atoms with van der Waals surface area (Å²) in [5.74, 6) is -0.940. The van der Waals surface area contributed by atoms with Gasteiger partial charge < -0.3 is 5.32 Å². The first-order valence-electron chi connectivity index (χ1n) is 7.92. The molecule has 0 fully saturated rings. The van der Waals surface area contributed by atoms with Gasteiger partial charge in [0.1, 0.15) is 5.69 Å². The number of nitrogens with one attached hydrogen (secondary N) is 1. The second-order valence-corrected chi connectivity index (χ2v) is 6.83. The lowest BCUT2D eigenvalue weighted by Gasteiger charge is -2.24. The maximum atomic E-state index is 12.9. The van der Waals surface area contributed by atoms with E-state index >= 15 is 0 Å². The molecule has 3 amide bonds. The molecule has 1 aromatic rings. The quantitative estimate of drug-likeness (QED) is 0.662. The molecule has 1 atom stereocenters. The van der Waals surface area contributed by atoms with E-state index in [1.807, 2.05) is 20.8 Å². The first-order valence-corrected chi connectivity index (χ1v) is 7.92. The summed E-state index contributed by atoms with van der Waals surface area (Å²) in [6.07, 6.45) is 3.63. The van der Waals surface area contributed by atoms with Crippen LogP contribution in [0.2, 0.25) is 0 Å². The van der Waals surface area contributed by atoms with E-state index in [9.17, 15) is 14.4 Å². The van der Waals surface area contributed by atoms with Crippen LogP contribution in [0.15, 0.2) is 24.9 Å². The van der Waals surface area contributed by atoms with Gasteiger partial charge in [-0.1, -0.05) is 26.8 Å². The number of hydrogen-bond acceptors (Lipinski definition) is 4. The molecule has 1 N–H and O–H groups in total. The third kappa shape index (κ3) is 3.09. The number of nitrogens with zero attached hydrogens (tertiary/aromatic N) is 2. The van der Waals surface area contributed by atoms with Crippen molar-refractivity contribution >= 4 is 17.7 Å². The van der Waals surface area contributed by atoms with Crippen LogP contribution in [-0.4, -0.2) is 40.7 Å². The van der Waals surface area contributed by atoms with Crippen LogP contribution in [0.3, 0.4) is 0 Å². The van der Waals surface area contributed by atoms with Crippen LogP contribution in [-0.2, 0) is 10.2 Å². The maximum Gasteiger partial charge on any atom is 0.280 e. The summed E-state index contributed by atoms with van der Waals surface area (Å²) in [4.78, 5) is 42.4. The van der Waals surface area contributed by atoms with Crippen molar-refractivity contribution in [3.63, 3.8) is 0 Å². The van der Waals surface area contributed by atoms with Crippen LogP contribution < -0.4 is 5.32 Å². The van der Waals surface area contributed by atoms with E-state index in [1.165, 1.54) is 11.0 Å². The summed E-state index contributed by atoms with van der Waals surface area (Å²) in [6, 6.07) is 1.24. The summed E-state index contributed by atoms with van der Waals surface area (Å²) in [6.45, 7) is 9.67. The Morgan fingerprint density at radius 1 is 1.38 bits per heavy atom. The normalized spacial score (nSPS) is 15.2. The molecule has 6 heteroatoms. The molecule has 0 aromatic carbocycles. The zero-order chi connectivity index (χ0) is 18.1. The van der Waals surface area contributed by atoms with E-state index in [-0.39, 0.29) is 29.3 Å². The Morgan fingerprint density at radius 3 is 2.58 bits per heavy atom. The molecule has 24 heavy (non-hydrogen) atoms. The molecule has 0 radical (unpaired) electrons. The van der Waals surface area contributed by atoms with Crippen molar-refractivity contribution in [2.75, 3.05) is 7.05 Å². The topological polar surface area (TPSA) is 79.4 Å². The second-order valence-electron chi connectivity index (χ2n) is 6.83. The molecule has 0 saturated heterocycles. The minimum Gasteiger partial charge on any atom is -0.359 e. The van der Waals surface area contributed by atoms with E-state index in [4.69, 9.17) is 0 Å². The Hall–Kier alpha value is -2.50. The first-order chi connectivity index (χ1) is 11.2. The van der Waals surface area contributed by atoms with Gasteiger partial charge in [-0.3, -0.25) is 24.3 Å². The number of fused-ring (bicyclic) bond motifs is 1. The smallest absolute Gasteiger partial charge is 0.280 e. The number of imide groups is 1. The lowest BCUT2D eigenvalue weighted by Crippen LogP contribution is -2.39. The molecule has 0 aliphatic carbocycles. The van der Waals surface area contributed by atoms with Crippen LogP contribution in [0.25, 0.3) is 0 Å². The number of carbonyl (C=O) groups is 3. The molecule has 1 aromatic heterocycles. The predicted octanol–water partition coefficient (Wildman–Crippen LogP) is 2.06. The van der Waals surface area contributed by atoms with Gasteiger partial charge in [-0.2, -0.15) is 0 Å². The van der Waals surface area contributed by atoms with Gasteiger partial charge in [0.2, 0.25) is 5.91 Å². The van der Waals surface area contributed by atoms with Crippen molar-refractivity contribution in [2.45, 2.75) is 45.1 Å². The summed E-state index contributed by atoms with van der Waals surface area (Å²) in [5.41, 5.74) is 1.05. The molecule has 0 bridgehead atoms. The fraction of sp³-hybridized carbons (Fsp3) is 0.444. The molecule has 2 heterocycles. The molecule has 128 valence electrons. The predicted molar refractivity (Wildman–Crippen MR) is 90.7 cm³/mol. The lowest BCUT2D eigenvalue weighted by molar-refractivity contribution is -0.120. The number of carbonyl (C=O) groups excluding carboxylic acids is 3. The van der Waals surface area contributed by atoms with E-state index in [1.54, 1.807) is 19.3 Å². The van der Waals surface area contributed by atoms with Crippen LogP contribution in [0.1, 0.15) is 60.0 Å². The van der Waals surface area contributed by atoms with E-state index in [0.29, 0.717) is 12.0 Å². The van der Waals surface area contributed by atoms with Crippen molar-refractivity contribution in [3.8, 4) is 0 Å². The van der Waals surface area contributed by atoms with Gasteiger partial charge >= 0.3 is 0 Å². The minimum absolute atomic E-state index is 0.146. The van der Waals surface area contributed by atoms with Gasteiger partial charge in [0, 0.05) is 19.7 Å². The van der Waals surface area contributed by atoms with E-state index < -0.39 is 11.9 Å². The highest BCUT2D eigenvalue weighted by atomic mass is 16.2. The highest BCUT2D eigenvalue weighted by molar-refractivity contribution is 6.21. The third-order valence-corrected chi connectivity index (χ3v) is 4.16. The molecular weight excluding hydrogens is 306 g/mol. The Bertz CT molecular complexity index is 704. The van der Waals surface area contributed by atoms with Crippen molar-refractivity contribution < 1.29 is 14.4 Å². The van der Waals surface area contributed by atoms with E-state index in [0.717, 1.165) is 5.56 Å². The van der Waals surface area contributed by atoms with Gasteiger partial charge in [0.25, 0.3) is 11.8 Å². The van der Waals surface area contributed by atoms with Crippen LogP contribution in [0.4, 0.5) is 0 Å². The second kappa shape index (κ2) is 6.55. The van der Waals surface area contributed by atoms with Gasteiger partial charge in [0.05, 0.1) is 11.6 Å². The number of amides is 3. The van der Waals surface area contributed by atoms with Crippen molar-refractivity contribution in [3.05, 3.63) is 41.7 Å². The average molecular weight is 329 g/mol. The zero-order valence-corrected chi connectivity index (χ0v) is 14.5. The summed E-state index contributed by atoms with van der Waals surface area (Å²) in [7, 11) is 1.55. The van der Waals surface area contributed by atoms with Crippen molar-refractivity contribution in [2.24, 2.45) is 0 Å². The van der Waals surface area contributed by atoms with Crippen LogP contribution >= 0.6 is 0 Å². The highest BCUT2D eigenvalue weighted by Crippen LogP contribution is 2.33. The van der Waals surface area contributed by atoms with Crippen molar-refractivity contribution in [1.29, 1.82) is 0 Å². The Balaban J connectivity index is 2.39. The SMILES string of the molecule is C=CC(CCC(=O)NC)N1C(=O)c2nccc(C(C)(C)C)c2C1=O. The fourth-order valence-corrected chi connectivity index (χ4v) is 2.85. The molecule has 1 aliphatic heterocycles. The molecule has 0 saturated carbocycles. The highest BCUT2D eigenvalue weighted by Gasteiger charge is 2.43. The minimum atomic E-state index is -0.538. The van der Waals surface area contributed by atoms with Gasteiger partial charge in [-0.15, -0.1) is 6.58 Å². The molecule has 6 nitrogen and oxygen atoms in total. The van der Waals surface area contributed by atoms with Gasteiger partial charge in [-0.05, 0) is 23.5 Å². The molecule has 1 unspecified atom stereocenters. The average Bonchev–Trinajstić information content (AvgIpc) is 2.79. The molecule has 1 aliphatic rings. The summed E-state index contributed by atoms with van der Waals surface area (Å²) >= 11 is 0. The standard InChI is InChI=1S/C18H23N3O3/c1-6-11(7-8-13(22)19-5)21-16(23)14-12(18(2,3)4)9-10-20-15(14)17(21)24/h6,9-11H,1,7-8H2,2-5H3,(H,19,22). The largest absolute Gasteiger partial charge is 0.359 e. The monoisotopic (exact) mass is 329 g/mol. The van der Waals surface area contributed by atoms with Crippen LogP contribution in [0, 0.1) is 0 Å². The summed E-state index contributed by atoms with van der Waals surface area (Å²) in [5, 5.41) is 2.53. The number of hydrogen-bond donors (Lipinski definition) is 1. The van der Waals surface area contributed by atoms with Gasteiger partial charge in [-0.25, -0.2) is 0 Å². The van der Waals surface area contributed by atoms with Crippen molar-refractivity contribution in [1.82, 2.24) is 15.2 Å².